The van der Waals surface area contributed by atoms with E-state index in [4.69, 9.17) is 11.6 Å². The second-order valence-electron chi connectivity index (χ2n) is 2.92. The zero-order valence-corrected chi connectivity index (χ0v) is 8.31. The van der Waals surface area contributed by atoms with Crippen LogP contribution in [0.15, 0.2) is 36.4 Å². The van der Waals surface area contributed by atoms with Gasteiger partial charge in [-0.2, -0.15) is 0 Å². The molecule has 0 aliphatic heterocycles. The zero-order chi connectivity index (χ0) is 8.55. The number of hydrogen-bond acceptors (Lipinski definition) is 1. The van der Waals surface area contributed by atoms with Gasteiger partial charge in [0.15, 0.2) is 0 Å². The van der Waals surface area contributed by atoms with E-state index in [-0.39, 0.29) is 6.15 Å². The first kappa shape index (κ1) is 10.0. The fourth-order valence-corrected chi connectivity index (χ4v) is 1.58. The molecule has 0 aromatic heterocycles. The van der Waals surface area contributed by atoms with E-state index in [1.54, 1.807) is 0 Å². The van der Waals surface area contributed by atoms with Crippen molar-refractivity contribution in [3.63, 3.8) is 0 Å². The van der Waals surface area contributed by atoms with E-state index in [9.17, 15) is 0 Å². The molecule has 68 valence electrons. The lowest BCUT2D eigenvalue weighted by Crippen LogP contribution is -1.77. The summed E-state index contributed by atoms with van der Waals surface area (Å²) in [6.07, 6.45) is 0. The molecule has 0 heterocycles. The Morgan fingerprint density at radius 2 is 1.69 bits per heavy atom. The monoisotopic (exact) mass is 193 g/mol. The van der Waals surface area contributed by atoms with Gasteiger partial charge in [-0.1, -0.05) is 48.0 Å². The van der Waals surface area contributed by atoms with Crippen LogP contribution in [0.2, 0.25) is 5.02 Å². The molecule has 0 aliphatic carbocycles. The molecule has 0 atom stereocenters. The van der Waals surface area contributed by atoms with E-state index >= 15 is 0 Å². The minimum Gasteiger partial charge on any atom is -0.344 e. The van der Waals surface area contributed by atoms with Gasteiger partial charge >= 0.3 is 0 Å². The van der Waals surface area contributed by atoms with Gasteiger partial charge in [-0.05, 0) is 17.9 Å². The fraction of sp³-hybridized carbons (Fsp3) is 0.0909. The average Bonchev–Trinajstić information content (AvgIpc) is 2.12. The molecule has 0 fully saturated rings. The summed E-state index contributed by atoms with van der Waals surface area (Å²) in [5, 5.41) is 3.21. The van der Waals surface area contributed by atoms with Crippen LogP contribution in [-0.2, 0) is 0 Å². The predicted octanol–water partition coefficient (Wildman–Crippen LogP) is 3.96. The largest absolute Gasteiger partial charge is 0.344 e. The molecular formula is C11H12ClN. The number of aryl methyl sites for hydroxylation is 1. The molecule has 0 amide bonds. The first-order valence-electron chi connectivity index (χ1n) is 3.93. The number of fused-ring (bicyclic) bond motifs is 1. The lowest BCUT2D eigenvalue weighted by Gasteiger charge is -2.02. The summed E-state index contributed by atoms with van der Waals surface area (Å²) in [6, 6.07) is 12.3. The van der Waals surface area contributed by atoms with Gasteiger partial charge in [-0.25, -0.2) is 0 Å². The van der Waals surface area contributed by atoms with Gasteiger partial charge in [0, 0.05) is 5.39 Å². The van der Waals surface area contributed by atoms with Crippen LogP contribution in [0.25, 0.3) is 10.8 Å². The molecule has 0 aliphatic rings. The van der Waals surface area contributed by atoms with Crippen molar-refractivity contribution in [2.45, 2.75) is 6.92 Å². The third-order valence-corrected chi connectivity index (χ3v) is 2.56. The molecule has 13 heavy (non-hydrogen) atoms. The van der Waals surface area contributed by atoms with Gasteiger partial charge in [0.2, 0.25) is 0 Å². The maximum absolute atomic E-state index is 6.13. The Balaban J connectivity index is 0.000000845. The molecule has 2 rings (SSSR count). The lowest BCUT2D eigenvalue weighted by molar-refractivity contribution is 1.50. The average molecular weight is 194 g/mol. The molecule has 0 saturated heterocycles. The van der Waals surface area contributed by atoms with Gasteiger partial charge in [-0.15, -0.1) is 0 Å². The maximum Gasteiger partial charge on any atom is 0.0513 e. The number of hydrogen-bond donors (Lipinski definition) is 1. The molecule has 2 aromatic carbocycles. The van der Waals surface area contributed by atoms with Crippen molar-refractivity contribution in [2.24, 2.45) is 0 Å². The van der Waals surface area contributed by atoms with Crippen LogP contribution in [0.1, 0.15) is 5.56 Å². The molecule has 3 N–H and O–H groups in total. The Hall–Kier alpha value is -1.05. The van der Waals surface area contributed by atoms with E-state index in [0.717, 1.165) is 16.0 Å². The second-order valence-corrected chi connectivity index (χ2v) is 3.30. The van der Waals surface area contributed by atoms with E-state index in [0.29, 0.717) is 0 Å². The molecule has 0 saturated carbocycles. The predicted molar refractivity (Wildman–Crippen MR) is 58.7 cm³/mol. The first-order valence-corrected chi connectivity index (χ1v) is 4.30. The summed E-state index contributed by atoms with van der Waals surface area (Å²) in [7, 11) is 0. The minimum absolute atomic E-state index is 0. The van der Waals surface area contributed by atoms with Crippen LogP contribution in [0, 0.1) is 6.92 Å². The Morgan fingerprint density at radius 1 is 1.00 bits per heavy atom. The van der Waals surface area contributed by atoms with Crippen LogP contribution in [0.5, 0.6) is 0 Å². The summed E-state index contributed by atoms with van der Waals surface area (Å²) in [4.78, 5) is 0. The highest BCUT2D eigenvalue weighted by Crippen LogP contribution is 2.26. The highest BCUT2D eigenvalue weighted by atomic mass is 35.5. The van der Waals surface area contributed by atoms with Gasteiger partial charge in [0.25, 0.3) is 0 Å². The van der Waals surface area contributed by atoms with E-state index in [1.165, 1.54) is 5.39 Å². The van der Waals surface area contributed by atoms with Crippen LogP contribution in [-0.4, -0.2) is 0 Å². The summed E-state index contributed by atoms with van der Waals surface area (Å²) in [5.74, 6) is 0. The van der Waals surface area contributed by atoms with E-state index < -0.39 is 0 Å². The highest BCUT2D eigenvalue weighted by molar-refractivity contribution is 6.36. The third kappa shape index (κ3) is 1.67. The summed E-state index contributed by atoms with van der Waals surface area (Å²) >= 11 is 6.13. The molecule has 0 spiro atoms. The highest BCUT2D eigenvalue weighted by Gasteiger charge is 1.99. The van der Waals surface area contributed by atoms with Crippen LogP contribution in [0.3, 0.4) is 0 Å². The summed E-state index contributed by atoms with van der Waals surface area (Å²) in [5.41, 5.74) is 1.13. The van der Waals surface area contributed by atoms with Crippen molar-refractivity contribution in [3.05, 3.63) is 47.0 Å². The Bertz CT molecular complexity index is 423. The van der Waals surface area contributed by atoms with Crippen molar-refractivity contribution in [1.29, 1.82) is 0 Å². The molecule has 1 nitrogen and oxygen atoms in total. The quantitative estimate of drug-likeness (QED) is 0.675. The van der Waals surface area contributed by atoms with Gasteiger partial charge < -0.3 is 6.15 Å². The normalized spacial score (nSPS) is 9.69. The Labute approximate surface area is 82.9 Å². The molecule has 2 heteroatoms. The zero-order valence-electron chi connectivity index (χ0n) is 7.55. The topological polar surface area (TPSA) is 35.0 Å². The molecule has 0 radical (unpaired) electrons. The summed E-state index contributed by atoms with van der Waals surface area (Å²) < 4.78 is 0. The van der Waals surface area contributed by atoms with E-state index in [2.05, 4.69) is 12.1 Å². The van der Waals surface area contributed by atoms with Crippen LogP contribution in [0.4, 0.5) is 0 Å². The smallest absolute Gasteiger partial charge is 0.0513 e. The Morgan fingerprint density at radius 3 is 2.46 bits per heavy atom. The number of halogens is 1. The third-order valence-electron chi connectivity index (χ3n) is 2.06. The van der Waals surface area contributed by atoms with Gasteiger partial charge in [0.05, 0.1) is 5.02 Å². The van der Waals surface area contributed by atoms with Crippen LogP contribution >= 0.6 is 11.6 Å². The molecule has 0 unspecified atom stereocenters. The van der Waals surface area contributed by atoms with Crippen molar-refractivity contribution in [1.82, 2.24) is 6.15 Å². The lowest BCUT2D eigenvalue weighted by atomic mass is 10.1. The first-order chi connectivity index (χ1) is 5.79. The minimum atomic E-state index is 0. The number of rotatable bonds is 0. The molecule has 2 aromatic rings. The van der Waals surface area contributed by atoms with Crippen molar-refractivity contribution in [3.8, 4) is 0 Å². The van der Waals surface area contributed by atoms with Crippen molar-refractivity contribution < 1.29 is 0 Å². The maximum atomic E-state index is 6.13. The Kier molecular flexibility index (Phi) is 2.91. The van der Waals surface area contributed by atoms with Gasteiger partial charge in [-0.3, -0.25) is 0 Å². The molecular weight excluding hydrogens is 182 g/mol. The molecule has 0 bridgehead atoms. The SMILES string of the molecule is Cc1ccc2ccccc2c1Cl.N. The summed E-state index contributed by atoms with van der Waals surface area (Å²) in [6.45, 7) is 2.02. The van der Waals surface area contributed by atoms with Crippen molar-refractivity contribution >= 4 is 22.4 Å². The second kappa shape index (κ2) is 3.77. The number of benzene rings is 2. The van der Waals surface area contributed by atoms with Crippen molar-refractivity contribution in [2.75, 3.05) is 0 Å². The fourth-order valence-electron chi connectivity index (χ4n) is 1.34. The standard InChI is InChI=1S/C11H9Cl.H3N/c1-8-6-7-9-4-2-3-5-10(9)11(8)12;/h2-7H,1H3;1H3. The van der Waals surface area contributed by atoms with Crippen LogP contribution < -0.4 is 6.15 Å². The van der Waals surface area contributed by atoms with E-state index in [1.807, 2.05) is 31.2 Å². The van der Waals surface area contributed by atoms with Gasteiger partial charge in [0.1, 0.15) is 0 Å².